The number of unbranched alkanes of at least 4 members (excludes halogenated alkanes) is 1. The molecular formula is C17H19BrN2O. The Morgan fingerprint density at radius 1 is 1.19 bits per heavy atom. The van der Waals surface area contributed by atoms with Crippen LogP contribution in [0.3, 0.4) is 0 Å². The molecule has 0 aliphatic rings. The van der Waals surface area contributed by atoms with Gasteiger partial charge in [0.25, 0.3) is 5.91 Å². The average molecular weight is 347 g/mol. The summed E-state index contributed by atoms with van der Waals surface area (Å²) in [6.07, 6.45) is 4.79. The van der Waals surface area contributed by atoms with Gasteiger partial charge in [-0.05, 0) is 52.9 Å². The van der Waals surface area contributed by atoms with Gasteiger partial charge in [0.05, 0.1) is 0 Å². The maximum absolute atomic E-state index is 12.2. The Morgan fingerprint density at radius 3 is 2.67 bits per heavy atom. The third kappa shape index (κ3) is 4.97. The monoisotopic (exact) mass is 346 g/mol. The van der Waals surface area contributed by atoms with Crippen molar-refractivity contribution in [1.82, 2.24) is 9.88 Å². The van der Waals surface area contributed by atoms with Crippen LogP contribution in [-0.2, 0) is 6.42 Å². The Bertz CT molecular complexity index is 586. The van der Waals surface area contributed by atoms with Crippen LogP contribution in [0, 0.1) is 0 Å². The molecule has 0 saturated heterocycles. The third-order valence-electron chi connectivity index (χ3n) is 3.37. The van der Waals surface area contributed by atoms with E-state index in [1.54, 1.807) is 23.2 Å². The van der Waals surface area contributed by atoms with Crippen molar-refractivity contribution >= 4 is 21.8 Å². The molecule has 1 amide bonds. The van der Waals surface area contributed by atoms with Crippen molar-refractivity contribution in [2.75, 3.05) is 13.6 Å². The molecule has 21 heavy (non-hydrogen) atoms. The number of pyridine rings is 1. The first kappa shape index (κ1) is 15.7. The van der Waals surface area contributed by atoms with Gasteiger partial charge in [0, 0.05) is 25.4 Å². The number of hydrogen-bond acceptors (Lipinski definition) is 2. The topological polar surface area (TPSA) is 33.2 Å². The van der Waals surface area contributed by atoms with E-state index in [0.29, 0.717) is 10.2 Å². The van der Waals surface area contributed by atoms with Gasteiger partial charge in [-0.2, -0.15) is 0 Å². The van der Waals surface area contributed by atoms with Crippen molar-refractivity contribution < 1.29 is 4.79 Å². The fourth-order valence-corrected chi connectivity index (χ4v) is 2.55. The fraction of sp³-hybridized carbons (Fsp3) is 0.294. The standard InChI is InChI=1S/C17H19BrN2O/c1-20(17(21)15-10-11-19-16(18)13-15)12-6-5-9-14-7-3-2-4-8-14/h2-4,7-8,10-11,13H,5-6,9,12H2,1H3. The number of rotatable bonds is 6. The number of benzene rings is 1. The second-order valence-corrected chi connectivity index (χ2v) is 5.85. The number of hydrogen-bond donors (Lipinski definition) is 0. The molecule has 0 fully saturated rings. The van der Waals surface area contributed by atoms with E-state index in [9.17, 15) is 4.79 Å². The normalized spacial score (nSPS) is 10.4. The minimum absolute atomic E-state index is 0.0396. The van der Waals surface area contributed by atoms with E-state index in [1.165, 1.54) is 5.56 Å². The summed E-state index contributed by atoms with van der Waals surface area (Å²) in [5.74, 6) is 0.0396. The number of amides is 1. The molecule has 0 aliphatic heterocycles. The highest BCUT2D eigenvalue weighted by atomic mass is 79.9. The van der Waals surface area contributed by atoms with Crippen molar-refractivity contribution in [3.63, 3.8) is 0 Å². The average Bonchev–Trinajstić information content (AvgIpc) is 2.51. The number of carbonyl (C=O) groups is 1. The van der Waals surface area contributed by atoms with Crippen LogP contribution in [-0.4, -0.2) is 29.4 Å². The molecule has 0 atom stereocenters. The van der Waals surface area contributed by atoms with Crippen molar-refractivity contribution in [2.24, 2.45) is 0 Å². The summed E-state index contributed by atoms with van der Waals surface area (Å²) < 4.78 is 0.686. The zero-order valence-electron chi connectivity index (χ0n) is 12.1. The van der Waals surface area contributed by atoms with Crippen LogP contribution in [0.25, 0.3) is 0 Å². The summed E-state index contributed by atoms with van der Waals surface area (Å²) in [7, 11) is 1.85. The minimum atomic E-state index is 0.0396. The summed E-state index contributed by atoms with van der Waals surface area (Å²) in [4.78, 5) is 18.0. The van der Waals surface area contributed by atoms with Crippen LogP contribution in [0.5, 0.6) is 0 Å². The van der Waals surface area contributed by atoms with Gasteiger partial charge >= 0.3 is 0 Å². The van der Waals surface area contributed by atoms with Gasteiger partial charge in [-0.1, -0.05) is 30.3 Å². The highest BCUT2D eigenvalue weighted by Crippen LogP contribution is 2.11. The predicted molar refractivity (Wildman–Crippen MR) is 88.3 cm³/mol. The van der Waals surface area contributed by atoms with Crippen LogP contribution >= 0.6 is 15.9 Å². The Labute approximate surface area is 134 Å². The molecule has 0 aliphatic carbocycles. The maximum atomic E-state index is 12.2. The van der Waals surface area contributed by atoms with Crippen molar-refractivity contribution in [2.45, 2.75) is 19.3 Å². The summed E-state index contributed by atoms with van der Waals surface area (Å²) >= 11 is 3.29. The second kappa shape index (κ2) is 7.93. The van der Waals surface area contributed by atoms with Gasteiger partial charge in [-0.15, -0.1) is 0 Å². The predicted octanol–water partition coefficient (Wildman–Crippen LogP) is 3.94. The molecule has 1 aromatic carbocycles. The smallest absolute Gasteiger partial charge is 0.253 e. The van der Waals surface area contributed by atoms with Crippen molar-refractivity contribution in [3.8, 4) is 0 Å². The molecule has 0 N–H and O–H groups in total. The summed E-state index contributed by atoms with van der Waals surface area (Å²) in [6.45, 7) is 0.769. The molecule has 3 nitrogen and oxygen atoms in total. The molecule has 2 rings (SSSR count). The molecular weight excluding hydrogens is 328 g/mol. The number of halogens is 1. The quantitative estimate of drug-likeness (QED) is 0.586. The molecule has 110 valence electrons. The maximum Gasteiger partial charge on any atom is 0.253 e. The Hall–Kier alpha value is -1.68. The molecule has 1 aromatic heterocycles. The molecule has 4 heteroatoms. The highest BCUT2D eigenvalue weighted by molar-refractivity contribution is 9.10. The third-order valence-corrected chi connectivity index (χ3v) is 3.81. The molecule has 0 spiro atoms. The van der Waals surface area contributed by atoms with Crippen molar-refractivity contribution in [3.05, 3.63) is 64.4 Å². The highest BCUT2D eigenvalue weighted by Gasteiger charge is 2.11. The summed E-state index contributed by atoms with van der Waals surface area (Å²) in [5.41, 5.74) is 2.02. The molecule has 2 aromatic rings. The van der Waals surface area contributed by atoms with Gasteiger partial charge < -0.3 is 4.90 Å². The fourth-order valence-electron chi connectivity index (χ4n) is 2.18. The van der Waals surface area contributed by atoms with Crippen LogP contribution in [0.15, 0.2) is 53.3 Å². The van der Waals surface area contributed by atoms with Gasteiger partial charge in [-0.25, -0.2) is 4.98 Å². The van der Waals surface area contributed by atoms with Crippen LogP contribution < -0.4 is 0 Å². The Balaban J connectivity index is 1.76. The van der Waals surface area contributed by atoms with E-state index in [0.717, 1.165) is 25.8 Å². The molecule has 0 saturated carbocycles. The Kier molecular flexibility index (Phi) is 5.93. The zero-order chi connectivity index (χ0) is 15.1. The van der Waals surface area contributed by atoms with Crippen LogP contribution in [0.2, 0.25) is 0 Å². The van der Waals surface area contributed by atoms with E-state index in [4.69, 9.17) is 0 Å². The van der Waals surface area contributed by atoms with E-state index in [1.807, 2.05) is 13.1 Å². The molecule has 0 unspecified atom stereocenters. The first-order valence-corrected chi connectivity index (χ1v) is 7.87. The minimum Gasteiger partial charge on any atom is -0.342 e. The summed E-state index contributed by atoms with van der Waals surface area (Å²) in [5, 5.41) is 0. The van der Waals surface area contributed by atoms with E-state index < -0.39 is 0 Å². The Morgan fingerprint density at radius 2 is 1.95 bits per heavy atom. The lowest BCUT2D eigenvalue weighted by atomic mass is 10.1. The van der Waals surface area contributed by atoms with Gasteiger partial charge in [0.2, 0.25) is 0 Å². The van der Waals surface area contributed by atoms with Gasteiger partial charge in [-0.3, -0.25) is 4.79 Å². The number of aryl methyl sites for hydroxylation is 1. The lowest BCUT2D eigenvalue weighted by Gasteiger charge is -2.17. The number of aromatic nitrogens is 1. The van der Waals surface area contributed by atoms with Crippen molar-refractivity contribution in [1.29, 1.82) is 0 Å². The van der Waals surface area contributed by atoms with E-state index in [-0.39, 0.29) is 5.91 Å². The zero-order valence-corrected chi connectivity index (χ0v) is 13.7. The SMILES string of the molecule is CN(CCCCc1ccccc1)C(=O)c1ccnc(Br)c1. The number of carbonyl (C=O) groups excluding carboxylic acids is 1. The lowest BCUT2D eigenvalue weighted by molar-refractivity contribution is 0.0792. The van der Waals surface area contributed by atoms with E-state index in [2.05, 4.69) is 45.2 Å². The second-order valence-electron chi connectivity index (χ2n) is 5.04. The first-order chi connectivity index (χ1) is 10.2. The van der Waals surface area contributed by atoms with Gasteiger partial charge in [0.1, 0.15) is 4.60 Å². The number of nitrogens with zero attached hydrogens (tertiary/aromatic N) is 2. The van der Waals surface area contributed by atoms with Crippen LogP contribution in [0.4, 0.5) is 0 Å². The summed E-state index contributed by atoms with van der Waals surface area (Å²) in [6, 6.07) is 13.9. The lowest BCUT2D eigenvalue weighted by Crippen LogP contribution is -2.27. The molecule has 0 radical (unpaired) electrons. The largest absolute Gasteiger partial charge is 0.342 e. The first-order valence-electron chi connectivity index (χ1n) is 7.08. The van der Waals surface area contributed by atoms with E-state index >= 15 is 0 Å². The van der Waals surface area contributed by atoms with Crippen LogP contribution in [0.1, 0.15) is 28.8 Å². The molecule has 0 bridgehead atoms. The molecule has 1 heterocycles. The van der Waals surface area contributed by atoms with Gasteiger partial charge in [0.15, 0.2) is 0 Å².